The number of hydrogen-bond acceptors (Lipinski definition) is 7. The molecule has 0 atom stereocenters. The van der Waals surface area contributed by atoms with Crippen molar-refractivity contribution in [1.82, 2.24) is 19.4 Å². The molecule has 4 rings (SSSR count). The number of aryl methyl sites for hydroxylation is 1. The molecule has 2 aromatic heterocycles. The van der Waals surface area contributed by atoms with Crippen LogP contribution in [-0.2, 0) is 7.05 Å². The van der Waals surface area contributed by atoms with Gasteiger partial charge in [0.2, 0.25) is 0 Å². The maximum atomic E-state index is 12.7. The smallest absolute Gasteiger partial charge is 0.264 e. The van der Waals surface area contributed by atoms with Gasteiger partial charge in [-0.1, -0.05) is 12.1 Å². The third-order valence-electron chi connectivity index (χ3n) is 5.36. The van der Waals surface area contributed by atoms with Crippen molar-refractivity contribution in [2.75, 3.05) is 43.4 Å². The Kier molecular flexibility index (Phi) is 5.21. The first-order valence-corrected chi connectivity index (χ1v) is 10.1. The van der Waals surface area contributed by atoms with Gasteiger partial charge in [-0.2, -0.15) is 0 Å². The predicted molar refractivity (Wildman–Crippen MR) is 120 cm³/mol. The van der Waals surface area contributed by atoms with Crippen LogP contribution in [-0.4, -0.2) is 63.5 Å². The van der Waals surface area contributed by atoms with Crippen LogP contribution in [0.25, 0.3) is 22.2 Å². The Morgan fingerprint density at radius 3 is 2.37 bits per heavy atom. The fraction of sp³-hybridized carbons (Fsp3) is 0.409. The van der Waals surface area contributed by atoms with Crippen molar-refractivity contribution in [1.29, 1.82) is 0 Å². The fourth-order valence-electron chi connectivity index (χ4n) is 3.66. The zero-order valence-corrected chi connectivity index (χ0v) is 17.9. The lowest BCUT2D eigenvalue weighted by Gasteiger charge is -2.34. The summed E-state index contributed by atoms with van der Waals surface area (Å²) in [6, 6.07) is 10.1. The number of nitrogens with one attached hydrogen (secondary N) is 1. The molecule has 1 aliphatic heterocycles. The molecule has 1 aromatic carbocycles. The summed E-state index contributed by atoms with van der Waals surface area (Å²) in [6.45, 7) is 7.35. The van der Waals surface area contributed by atoms with Gasteiger partial charge in [0.25, 0.3) is 5.56 Å². The summed E-state index contributed by atoms with van der Waals surface area (Å²) >= 11 is 0. The molecule has 8 heteroatoms. The van der Waals surface area contributed by atoms with E-state index in [1.807, 2.05) is 18.2 Å². The van der Waals surface area contributed by atoms with E-state index >= 15 is 0 Å². The Labute approximate surface area is 175 Å². The Morgan fingerprint density at radius 2 is 1.73 bits per heavy atom. The SMILES string of the molecule is CN1CCN(c2ccc(-c3cc4ncn(C)c(=O)c4c(NC(C)(C)O)n3)cc2)CC1. The number of fused-ring (bicyclic) bond motifs is 1. The Bertz CT molecular complexity index is 1110. The monoisotopic (exact) mass is 408 g/mol. The average molecular weight is 409 g/mol. The van der Waals surface area contributed by atoms with Gasteiger partial charge in [-0.25, -0.2) is 9.97 Å². The molecule has 3 aromatic rings. The molecule has 1 aliphatic rings. The van der Waals surface area contributed by atoms with Crippen LogP contribution in [0, 0.1) is 0 Å². The van der Waals surface area contributed by atoms with Gasteiger partial charge < -0.3 is 24.8 Å². The Morgan fingerprint density at radius 1 is 1.07 bits per heavy atom. The van der Waals surface area contributed by atoms with Crippen LogP contribution in [0.3, 0.4) is 0 Å². The molecule has 0 radical (unpaired) electrons. The number of aromatic nitrogens is 3. The van der Waals surface area contributed by atoms with Crippen LogP contribution in [0.15, 0.2) is 41.5 Å². The summed E-state index contributed by atoms with van der Waals surface area (Å²) in [5.41, 5.74) is 1.91. The van der Waals surface area contributed by atoms with Gasteiger partial charge in [-0.3, -0.25) is 4.79 Å². The molecule has 8 nitrogen and oxygen atoms in total. The molecular weight excluding hydrogens is 380 g/mol. The van der Waals surface area contributed by atoms with E-state index in [1.165, 1.54) is 16.6 Å². The van der Waals surface area contributed by atoms with Gasteiger partial charge in [0.1, 0.15) is 16.9 Å². The maximum Gasteiger partial charge on any atom is 0.264 e. The maximum absolute atomic E-state index is 12.7. The molecule has 0 spiro atoms. The van der Waals surface area contributed by atoms with Crippen molar-refractivity contribution >= 4 is 22.4 Å². The zero-order valence-electron chi connectivity index (χ0n) is 17.9. The number of piperazine rings is 1. The molecular formula is C22H28N6O2. The lowest BCUT2D eigenvalue weighted by Crippen LogP contribution is -2.44. The van der Waals surface area contributed by atoms with Crippen LogP contribution in [0.4, 0.5) is 11.5 Å². The number of anilines is 2. The molecule has 3 heterocycles. The first-order valence-electron chi connectivity index (χ1n) is 10.1. The third kappa shape index (κ3) is 4.15. The number of rotatable bonds is 4. The van der Waals surface area contributed by atoms with Gasteiger partial charge in [0, 0.05) is 44.5 Å². The van der Waals surface area contributed by atoms with E-state index < -0.39 is 5.72 Å². The highest BCUT2D eigenvalue weighted by Crippen LogP contribution is 2.28. The number of hydrogen-bond donors (Lipinski definition) is 2. The van der Waals surface area contributed by atoms with Gasteiger partial charge >= 0.3 is 0 Å². The van der Waals surface area contributed by atoms with E-state index in [0.717, 1.165) is 31.7 Å². The van der Waals surface area contributed by atoms with Crippen LogP contribution < -0.4 is 15.8 Å². The fourth-order valence-corrected chi connectivity index (χ4v) is 3.66. The van der Waals surface area contributed by atoms with Crippen molar-refractivity contribution in [3.8, 4) is 11.3 Å². The summed E-state index contributed by atoms with van der Waals surface area (Å²) in [4.78, 5) is 26.5. The Hall–Kier alpha value is -2.97. The molecule has 158 valence electrons. The quantitative estimate of drug-likeness (QED) is 0.638. The highest BCUT2D eigenvalue weighted by molar-refractivity contribution is 5.91. The first-order chi connectivity index (χ1) is 14.2. The van der Waals surface area contributed by atoms with Gasteiger partial charge in [0.15, 0.2) is 0 Å². The van der Waals surface area contributed by atoms with Crippen LogP contribution >= 0.6 is 0 Å². The summed E-state index contributed by atoms with van der Waals surface area (Å²) in [6.07, 6.45) is 1.50. The van der Waals surface area contributed by atoms with E-state index in [0.29, 0.717) is 22.4 Å². The minimum Gasteiger partial charge on any atom is -0.372 e. The van der Waals surface area contributed by atoms with Crippen LogP contribution in [0.2, 0.25) is 0 Å². The van der Waals surface area contributed by atoms with E-state index in [4.69, 9.17) is 0 Å². The summed E-state index contributed by atoms with van der Waals surface area (Å²) in [7, 11) is 3.79. The van der Waals surface area contributed by atoms with E-state index in [-0.39, 0.29) is 5.56 Å². The minimum atomic E-state index is -1.23. The van der Waals surface area contributed by atoms with Crippen LogP contribution in [0.5, 0.6) is 0 Å². The number of benzene rings is 1. The summed E-state index contributed by atoms with van der Waals surface area (Å²) in [5, 5.41) is 13.6. The first kappa shape index (κ1) is 20.3. The predicted octanol–water partition coefficient (Wildman–Crippen LogP) is 1.89. The standard InChI is InChI=1S/C22H28N6O2/c1-22(2,30)25-20-19-18(23-14-27(4)21(19)29)13-17(24-20)15-5-7-16(8-6-15)28-11-9-26(3)10-12-28/h5-8,13-14,30H,9-12H2,1-4H3,(H,24,25). The van der Waals surface area contributed by atoms with Crippen molar-refractivity contribution in [3.63, 3.8) is 0 Å². The second-order valence-electron chi connectivity index (χ2n) is 8.43. The Balaban J connectivity index is 1.74. The topological polar surface area (TPSA) is 86.5 Å². The second-order valence-corrected chi connectivity index (χ2v) is 8.43. The second kappa shape index (κ2) is 7.70. The van der Waals surface area contributed by atoms with E-state index in [9.17, 15) is 9.90 Å². The van der Waals surface area contributed by atoms with Gasteiger partial charge in [0.05, 0.1) is 17.5 Å². The summed E-state index contributed by atoms with van der Waals surface area (Å²) in [5.74, 6) is 0.326. The lowest BCUT2D eigenvalue weighted by atomic mass is 10.1. The average Bonchev–Trinajstić information content (AvgIpc) is 2.70. The third-order valence-corrected chi connectivity index (χ3v) is 5.36. The molecule has 0 bridgehead atoms. The molecule has 0 saturated carbocycles. The molecule has 1 fully saturated rings. The van der Waals surface area contributed by atoms with Crippen molar-refractivity contribution in [3.05, 3.63) is 47.0 Å². The minimum absolute atomic E-state index is 0.212. The highest BCUT2D eigenvalue weighted by atomic mass is 16.3. The molecule has 2 N–H and O–H groups in total. The highest BCUT2D eigenvalue weighted by Gasteiger charge is 2.19. The molecule has 0 unspecified atom stereocenters. The van der Waals surface area contributed by atoms with Gasteiger partial charge in [-0.15, -0.1) is 0 Å². The van der Waals surface area contributed by atoms with Crippen molar-refractivity contribution in [2.24, 2.45) is 7.05 Å². The molecule has 0 amide bonds. The number of pyridine rings is 1. The van der Waals surface area contributed by atoms with Crippen molar-refractivity contribution < 1.29 is 5.11 Å². The summed E-state index contributed by atoms with van der Waals surface area (Å²) < 4.78 is 1.41. The number of nitrogens with zero attached hydrogens (tertiary/aromatic N) is 5. The number of aliphatic hydroxyl groups is 1. The van der Waals surface area contributed by atoms with Gasteiger partial charge in [-0.05, 0) is 39.1 Å². The largest absolute Gasteiger partial charge is 0.372 e. The van der Waals surface area contributed by atoms with Crippen LogP contribution in [0.1, 0.15) is 13.8 Å². The normalized spacial score (nSPS) is 15.6. The molecule has 30 heavy (non-hydrogen) atoms. The van der Waals surface area contributed by atoms with Crippen molar-refractivity contribution in [2.45, 2.75) is 19.6 Å². The number of likely N-dealkylation sites (N-methyl/N-ethyl adjacent to an activating group) is 1. The molecule has 0 aliphatic carbocycles. The van der Waals surface area contributed by atoms with E-state index in [2.05, 4.69) is 44.3 Å². The zero-order chi connectivity index (χ0) is 21.5. The van der Waals surface area contributed by atoms with E-state index in [1.54, 1.807) is 20.9 Å². The lowest BCUT2D eigenvalue weighted by molar-refractivity contribution is 0.111. The molecule has 1 saturated heterocycles.